The monoisotopic (exact) mass is 159 g/mol. The van der Waals surface area contributed by atoms with Crippen molar-refractivity contribution in [3.63, 3.8) is 0 Å². The molecule has 0 radical (unpaired) electrons. The average molecular weight is 159 g/mol. The predicted octanol–water partition coefficient (Wildman–Crippen LogP) is 2.11. The highest BCUT2D eigenvalue weighted by molar-refractivity contribution is 4.76. The van der Waals surface area contributed by atoms with E-state index in [0.717, 1.165) is 19.4 Å². The lowest BCUT2D eigenvalue weighted by molar-refractivity contribution is 0.164. The maximum atomic E-state index is 12.9. The second kappa shape index (κ2) is 4.05. The van der Waals surface area contributed by atoms with Gasteiger partial charge in [0.1, 0.15) is 6.17 Å². The van der Waals surface area contributed by atoms with Crippen LogP contribution in [0.1, 0.15) is 32.6 Å². The molecule has 1 fully saturated rings. The highest BCUT2D eigenvalue weighted by atomic mass is 19.1. The summed E-state index contributed by atoms with van der Waals surface area (Å²) in [5, 5.41) is 0. The van der Waals surface area contributed by atoms with Gasteiger partial charge in [-0.25, -0.2) is 4.39 Å². The van der Waals surface area contributed by atoms with Gasteiger partial charge in [0.2, 0.25) is 0 Å². The first-order valence-corrected chi connectivity index (χ1v) is 4.58. The van der Waals surface area contributed by atoms with Gasteiger partial charge in [0.15, 0.2) is 0 Å². The van der Waals surface area contributed by atoms with Crippen molar-refractivity contribution >= 4 is 0 Å². The molecule has 0 amide bonds. The molecular weight excluding hydrogens is 141 g/mol. The molecule has 3 atom stereocenters. The molecule has 1 aliphatic rings. The lowest BCUT2D eigenvalue weighted by Crippen LogP contribution is -2.26. The van der Waals surface area contributed by atoms with Gasteiger partial charge in [-0.3, -0.25) is 0 Å². The van der Waals surface area contributed by atoms with Crippen molar-refractivity contribution in [1.29, 1.82) is 0 Å². The molecule has 0 saturated heterocycles. The number of hydrogen-bond acceptors (Lipinski definition) is 1. The summed E-state index contributed by atoms with van der Waals surface area (Å²) in [5.41, 5.74) is 5.54. The highest BCUT2D eigenvalue weighted by Crippen LogP contribution is 2.31. The van der Waals surface area contributed by atoms with Crippen molar-refractivity contribution in [2.45, 2.75) is 38.8 Å². The third kappa shape index (κ3) is 2.44. The Morgan fingerprint density at radius 1 is 1.55 bits per heavy atom. The van der Waals surface area contributed by atoms with E-state index >= 15 is 0 Å². The van der Waals surface area contributed by atoms with Crippen LogP contribution in [0.25, 0.3) is 0 Å². The summed E-state index contributed by atoms with van der Waals surface area (Å²) in [6.07, 6.45) is 3.81. The molecule has 66 valence electrons. The second-order valence-electron chi connectivity index (χ2n) is 3.71. The first-order valence-electron chi connectivity index (χ1n) is 4.58. The van der Waals surface area contributed by atoms with Crippen molar-refractivity contribution in [2.24, 2.45) is 17.6 Å². The van der Waals surface area contributed by atoms with Crippen molar-refractivity contribution in [3.05, 3.63) is 0 Å². The smallest absolute Gasteiger partial charge is 0.100 e. The molecule has 1 rings (SSSR count). The van der Waals surface area contributed by atoms with E-state index in [9.17, 15) is 4.39 Å². The summed E-state index contributed by atoms with van der Waals surface area (Å²) in [5.74, 6) is 0.879. The zero-order valence-electron chi connectivity index (χ0n) is 7.22. The van der Waals surface area contributed by atoms with Crippen LogP contribution in [0.5, 0.6) is 0 Å². The zero-order chi connectivity index (χ0) is 8.27. The van der Waals surface area contributed by atoms with Crippen LogP contribution in [0.15, 0.2) is 0 Å². The minimum Gasteiger partial charge on any atom is -0.330 e. The van der Waals surface area contributed by atoms with Gasteiger partial charge in [-0.15, -0.1) is 0 Å². The van der Waals surface area contributed by atoms with E-state index in [4.69, 9.17) is 5.73 Å². The van der Waals surface area contributed by atoms with Crippen molar-refractivity contribution in [3.8, 4) is 0 Å². The van der Waals surface area contributed by atoms with Crippen LogP contribution in [-0.2, 0) is 0 Å². The topological polar surface area (TPSA) is 26.0 Å². The van der Waals surface area contributed by atoms with Gasteiger partial charge in [-0.1, -0.05) is 6.42 Å². The van der Waals surface area contributed by atoms with Gasteiger partial charge in [-0.2, -0.15) is 0 Å². The van der Waals surface area contributed by atoms with Crippen LogP contribution in [0.3, 0.4) is 0 Å². The van der Waals surface area contributed by atoms with E-state index in [0.29, 0.717) is 5.92 Å². The van der Waals surface area contributed by atoms with Crippen molar-refractivity contribution < 1.29 is 4.39 Å². The molecular formula is C9H18FN. The molecule has 0 bridgehead atoms. The maximum absolute atomic E-state index is 12.9. The van der Waals surface area contributed by atoms with Gasteiger partial charge in [0, 0.05) is 0 Å². The van der Waals surface area contributed by atoms with Crippen LogP contribution >= 0.6 is 0 Å². The number of alkyl halides is 1. The average Bonchev–Trinajstić information content (AvgIpc) is 2.05. The fraction of sp³-hybridized carbons (Fsp3) is 1.00. The fourth-order valence-electron chi connectivity index (χ4n) is 1.96. The number of nitrogens with two attached hydrogens (primary N) is 1. The van der Waals surface area contributed by atoms with Crippen molar-refractivity contribution in [2.75, 3.05) is 6.54 Å². The summed E-state index contributed by atoms with van der Waals surface area (Å²) in [6.45, 7) is 2.41. The molecule has 0 aliphatic heterocycles. The molecule has 0 spiro atoms. The van der Waals surface area contributed by atoms with Crippen LogP contribution < -0.4 is 5.73 Å². The molecule has 1 nitrogen and oxygen atoms in total. The van der Waals surface area contributed by atoms with E-state index in [1.165, 1.54) is 12.8 Å². The summed E-state index contributed by atoms with van der Waals surface area (Å²) in [4.78, 5) is 0. The molecule has 0 aromatic rings. The summed E-state index contributed by atoms with van der Waals surface area (Å²) in [6, 6.07) is 0. The van der Waals surface area contributed by atoms with E-state index in [-0.39, 0.29) is 5.92 Å². The molecule has 0 aromatic carbocycles. The van der Waals surface area contributed by atoms with Gasteiger partial charge >= 0.3 is 0 Å². The standard InChI is InChI=1S/C9H18FN/c1-7(10)9-4-2-3-8(5-9)6-11/h7-9H,2-6,11H2,1H3. The predicted molar refractivity (Wildman–Crippen MR) is 45.1 cm³/mol. The largest absolute Gasteiger partial charge is 0.330 e. The zero-order valence-corrected chi connectivity index (χ0v) is 7.22. The Kier molecular flexibility index (Phi) is 3.31. The first-order chi connectivity index (χ1) is 5.24. The van der Waals surface area contributed by atoms with Gasteiger partial charge in [-0.05, 0) is 44.6 Å². The normalized spacial score (nSPS) is 35.2. The highest BCUT2D eigenvalue weighted by Gasteiger charge is 2.24. The Hall–Kier alpha value is -0.110. The minimum atomic E-state index is -0.635. The Morgan fingerprint density at radius 3 is 2.82 bits per heavy atom. The van der Waals surface area contributed by atoms with Gasteiger partial charge in [0.05, 0.1) is 0 Å². The lowest BCUT2D eigenvalue weighted by Gasteiger charge is -2.28. The Balaban J connectivity index is 2.33. The minimum absolute atomic E-state index is 0.289. The molecule has 11 heavy (non-hydrogen) atoms. The molecule has 1 saturated carbocycles. The van der Waals surface area contributed by atoms with Gasteiger partial charge in [0.25, 0.3) is 0 Å². The molecule has 1 aliphatic carbocycles. The summed E-state index contributed by atoms with van der Waals surface area (Å²) in [7, 11) is 0. The maximum Gasteiger partial charge on any atom is 0.100 e. The number of halogens is 1. The number of hydrogen-bond donors (Lipinski definition) is 1. The quantitative estimate of drug-likeness (QED) is 0.656. The van der Waals surface area contributed by atoms with Gasteiger partial charge < -0.3 is 5.73 Å². The molecule has 0 heterocycles. The fourth-order valence-corrected chi connectivity index (χ4v) is 1.96. The third-order valence-corrected chi connectivity index (χ3v) is 2.81. The van der Waals surface area contributed by atoms with E-state index in [2.05, 4.69) is 0 Å². The molecule has 0 aromatic heterocycles. The van der Waals surface area contributed by atoms with Crippen LogP contribution in [0.2, 0.25) is 0 Å². The SMILES string of the molecule is CC(F)C1CCCC(CN)C1. The van der Waals surface area contributed by atoms with Crippen LogP contribution in [0.4, 0.5) is 4.39 Å². The van der Waals surface area contributed by atoms with E-state index in [1.807, 2.05) is 0 Å². The van der Waals surface area contributed by atoms with Crippen molar-refractivity contribution in [1.82, 2.24) is 0 Å². The summed E-state index contributed by atoms with van der Waals surface area (Å²) >= 11 is 0. The third-order valence-electron chi connectivity index (χ3n) is 2.81. The number of rotatable bonds is 2. The van der Waals surface area contributed by atoms with Crippen LogP contribution in [0, 0.1) is 11.8 Å². The van der Waals surface area contributed by atoms with Crippen LogP contribution in [-0.4, -0.2) is 12.7 Å². The second-order valence-corrected chi connectivity index (χ2v) is 3.71. The van der Waals surface area contributed by atoms with E-state index in [1.54, 1.807) is 6.92 Å². The molecule has 3 unspecified atom stereocenters. The first kappa shape index (κ1) is 8.98. The Morgan fingerprint density at radius 2 is 2.27 bits per heavy atom. The van der Waals surface area contributed by atoms with E-state index < -0.39 is 6.17 Å². The summed E-state index contributed by atoms with van der Waals surface area (Å²) < 4.78 is 12.9. The molecule has 2 heteroatoms. The Bertz CT molecular complexity index is 114. The molecule has 2 N–H and O–H groups in total. The Labute approximate surface area is 68.2 Å². The lowest BCUT2D eigenvalue weighted by atomic mass is 9.79.